The van der Waals surface area contributed by atoms with Crippen LogP contribution in [0.5, 0.6) is 5.75 Å². The molecule has 19 heavy (non-hydrogen) atoms. The Morgan fingerprint density at radius 1 is 1.37 bits per heavy atom. The summed E-state index contributed by atoms with van der Waals surface area (Å²) in [6.45, 7) is 11.0. The van der Waals surface area contributed by atoms with Crippen molar-refractivity contribution in [3.8, 4) is 5.75 Å². The lowest BCUT2D eigenvalue weighted by molar-refractivity contribution is 0.266. The Hall–Kier alpha value is -1.22. The van der Waals surface area contributed by atoms with Crippen molar-refractivity contribution in [2.75, 3.05) is 32.1 Å². The van der Waals surface area contributed by atoms with Gasteiger partial charge in [0.15, 0.2) is 0 Å². The Bertz CT molecular complexity index is 390. The number of ether oxygens (including phenoxy) is 1. The third kappa shape index (κ3) is 4.43. The van der Waals surface area contributed by atoms with Gasteiger partial charge >= 0.3 is 0 Å². The van der Waals surface area contributed by atoms with Crippen LogP contribution in [0.4, 0.5) is 5.69 Å². The lowest BCUT2D eigenvalue weighted by Crippen LogP contribution is -2.46. The second kappa shape index (κ2) is 6.80. The maximum atomic E-state index is 5.28. The highest BCUT2D eigenvalue weighted by Gasteiger charge is 2.26. The third-order valence-corrected chi connectivity index (χ3v) is 3.82. The van der Waals surface area contributed by atoms with Crippen LogP contribution >= 0.6 is 0 Å². The molecule has 0 aliphatic rings. The number of hydrogen-bond acceptors (Lipinski definition) is 3. The van der Waals surface area contributed by atoms with Crippen LogP contribution in [0.25, 0.3) is 0 Å². The lowest BCUT2D eigenvalue weighted by atomic mass is 9.84. The quantitative estimate of drug-likeness (QED) is 0.818. The number of anilines is 1. The van der Waals surface area contributed by atoms with Gasteiger partial charge in [-0.15, -0.1) is 0 Å². The number of hydrogen-bond donors (Lipinski definition) is 1. The SMILES string of the molecule is CCNC(C)C(C)(C)CN(C)c1cccc(OC)c1. The molecule has 1 N–H and O–H groups in total. The van der Waals surface area contributed by atoms with E-state index in [1.807, 2.05) is 12.1 Å². The van der Waals surface area contributed by atoms with Crippen molar-refractivity contribution in [3.63, 3.8) is 0 Å². The molecule has 1 aromatic carbocycles. The molecule has 0 radical (unpaired) electrons. The predicted molar refractivity (Wildman–Crippen MR) is 83.2 cm³/mol. The van der Waals surface area contributed by atoms with E-state index in [-0.39, 0.29) is 5.41 Å². The van der Waals surface area contributed by atoms with Gasteiger partial charge in [0.25, 0.3) is 0 Å². The molecule has 0 amide bonds. The van der Waals surface area contributed by atoms with E-state index in [1.54, 1.807) is 7.11 Å². The largest absolute Gasteiger partial charge is 0.497 e. The van der Waals surface area contributed by atoms with E-state index in [1.165, 1.54) is 5.69 Å². The first-order valence-electron chi connectivity index (χ1n) is 6.99. The first-order valence-corrected chi connectivity index (χ1v) is 6.99. The summed E-state index contributed by atoms with van der Waals surface area (Å²) in [6.07, 6.45) is 0. The fourth-order valence-corrected chi connectivity index (χ4v) is 2.27. The van der Waals surface area contributed by atoms with Crippen LogP contribution in [0, 0.1) is 5.41 Å². The maximum Gasteiger partial charge on any atom is 0.120 e. The van der Waals surface area contributed by atoms with Crippen molar-refractivity contribution < 1.29 is 4.74 Å². The van der Waals surface area contributed by atoms with Crippen LogP contribution in [-0.4, -0.2) is 33.3 Å². The maximum absolute atomic E-state index is 5.28. The second-order valence-electron chi connectivity index (χ2n) is 5.83. The second-order valence-corrected chi connectivity index (χ2v) is 5.83. The fraction of sp³-hybridized carbons (Fsp3) is 0.625. The van der Waals surface area contributed by atoms with Gasteiger partial charge in [-0.3, -0.25) is 0 Å². The van der Waals surface area contributed by atoms with E-state index in [4.69, 9.17) is 4.74 Å². The van der Waals surface area contributed by atoms with Gasteiger partial charge in [-0.05, 0) is 31.0 Å². The van der Waals surface area contributed by atoms with Gasteiger partial charge in [0.2, 0.25) is 0 Å². The molecule has 1 rings (SSSR count). The van der Waals surface area contributed by atoms with Gasteiger partial charge in [0.1, 0.15) is 5.75 Å². The summed E-state index contributed by atoms with van der Waals surface area (Å²) >= 11 is 0. The standard InChI is InChI=1S/C16H28N2O/c1-7-17-13(2)16(3,4)12-18(5)14-9-8-10-15(11-14)19-6/h8-11,13,17H,7,12H2,1-6H3. The molecule has 1 aromatic rings. The van der Waals surface area contributed by atoms with Crippen LogP contribution in [0.15, 0.2) is 24.3 Å². The van der Waals surface area contributed by atoms with Gasteiger partial charge in [-0.1, -0.05) is 26.8 Å². The fourth-order valence-electron chi connectivity index (χ4n) is 2.27. The van der Waals surface area contributed by atoms with E-state index >= 15 is 0 Å². The number of benzene rings is 1. The zero-order valence-electron chi connectivity index (χ0n) is 13.2. The highest BCUT2D eigenvalue weighted by Crippen LogP contribution is 2.26. The summed E-state index contributed by atoms with van der Waals surface area (Å²) < 4.78 is 5.28. The molecule has 0 spiro atoms. The zero-order valence-corrected chi connectivity index (χ0v) is 13.2. The van der Waals surface area contributed by atoms with Gasteiger partial charge in [-0.2, -0.15) is 0 Å². The first kappa shape index (κ1) is 15.8. The smallest absolute Gasteiger partial charge is 0.120 e. The minimum atomic E-state index is 0.202. The molecule has 0 heterocycles. The molecule has 0 aromatic heterocycles. The minimum absolute atomic E-state index is 0.202. The monoisotopic (exact) mass is 264 g/mol. The Balaban J connectivity index is 2.74. The van der Waals surface area contributed by atoms with Gasteiger partial charge in [-0.25, -0.2) is 0 Å². The molecule has 3 heteroatoms. The van der Waals surface area contributed by atoms with Crippen molar-refractivity contribution >= 4 is 5.69 Å². The summed E-state index contributed by atoms with van der Waals surface area (Å²) in [5.74, 6) is 0.905. The van der Waals surface area contributed by atoms with E-state index in [2.05, 4.69) is 57.1 Å². The average molecular weight is 264 g/mol. The molecular weight excluding hydrogens is 236 g/mol. The summed E-state index contributed by atoms with van der Waals surface area (Å²) in [5, 5.41) is 3.51. The third-order valence-electron chi connectivity index (χ3n) is 3.82. The molecule has 1 unspecified atom stereocenters. The van der Waals surface area contributed by atoms with Crippen molar-refractivity contribution in [1.29, 1.82) is 0 Å². The summed E-state index contributed by atoms with van der Waals surface area (Å²) in [5.41, 5.74) is 1.39. The Morgan fingerprint density at radius 3 is 2.63 bits per heavy atom. The summed E-state index contributed by atoms with van der Waals surface area (Å²) in [7, 11) is 3.84. The number of rotatable bonds is 7. The summed E-state index contributed by atoms with van der Waals surface area (Å²) in [6, 6.07) is 8.69. The van der Waals surface area contributed by atoms with Crippen molar-refractivity contribution in [3.05, 3.63) is 24.3 Å². The van der Waals surface area contributed by atoms with E-state index < -0.39 is 0 Å². The Labute approximate surface area is 118 Å². The normalized spacial score (nSPS) is 13.2. The van der Waals surface area contributed by atoms with Crippen LogP contribution in [0.3, 0.4) is 0 Å². The number of nitrogens with one attached hydrogen (secondary N) is 1. The molecule has 3 nitrogen and oxygen atoms in total. The highest BCUT2D eigenvalue weighted by molar-refractivity contribution is 5.50. The topological polar surface area (TPSA) is 24.5 Å². The first-order chi connectivity index (χ1) is 8.90. The molecule has 0 aliphatic carbocycles. The Morgan fingerprint density at radius 2 is 2.05 bits per heavy atom. The summed E-state index contributed by atoms with van der Waals surface area (Å²) in [4.78, 5) is 2.29. The van der Waals surface area contributed by atoms with Gasteiger partial charge < -0.3 is 15.0 Å². The van der Waals surface area contributed by atoms with Crippen LogP contribution in [0.1, 0.15) is 27.7 Å². The number of methoxy groups -OCH3 is 1. The van der Waals surface area contributed by atoms with E-state index in [0.717, 1.165) is 18.8 Å². The molecule has 108 valence electrons. The van der Waals surface area contributed by atoms with Crippen LogP contribution in [-0.2, 0) is 0 Å². The zero-order chi connectivity index (χ0) is 14.5. The number of nitrogens with zero attached hydrogens (tertiary/aromatic N) is 1. The average Bonchev–Trinajstić information content (AvgIpc) is 2.38. The molecule has 0 bridgehead atoms. The van der Waals surface area contributed by atoms with Crippen molar-refractivity contribution in [2.45, 2.75) is 33.7 Å². The van der Waals surface area contributed by atoms with Gasteiger partial charge in [0, 0.05) is 31.4 Å². The Kier molecular flexibility index (Phi) is 5.67. The molecule has 0 saturated heterocycles. The predicted octanol–water partition coefficient (Wildman–Crippen LogP) is 3.16. The van der Waals surface area contributed by atoms with E-state index in [9.17, 15) is 0 Å². The van der Waals surface area contributed by atoms with Crippen molar-refractivity contribution in [2.24, 2.45) is 5.41 Å². The van der Waals surface area contributed by atoms with E-state index in [0.29, 0.717) is 6.04 Å². The minimum Gasteiger partial charge on any atom is -0.497 e. The molecule has 1 atom stereocenters. The molecule has 0 fully saturated rings. The van der Waals surface area contributed by atoms with Gasteiger partial charge in [0.05, 0.1) is 7.11 Å². The molecule has 0 aliphatic heterocycles. The van der Waals surface area contributed by atoms with Crippen LogP contribution < -0.4 is 15.0 Å². The molecule has 0 saturated carbocycles. The van der Waals surface area contributed by atoms with Crippen LogP contribution in [0.2, 0.25) is 0 Å². The molecular formula is C16H28N2O. The highest BCUT2D eigenvalue weighted by atomic mass is 16.5. The van der Waals surface area contributed by atoms with Crippen molar-refractivity contribution in [1.82, 2.24) is 5.32 Å². The lowest BCUT2D eigenvalue weighted by Gasteiger charge is -2.37.